The highest BCUT2D eigenvalue weighted by atomic mass is 19.4. The molecule has 1 amide bonds. The highest BCUT2D eigenvalue weighted by Crippen LogP contribution is 2.36. The second-order valence-corrected chi connectivity index (χ2v) is 5.08. The van der Waals surface area contributed by atoms with E-state index < -0.39 is 11.7 Å². The second kappa shape index (κ2) is 5.49. The number of fused-ring (bicyclic) bond motifs is 1. The number of nitrogens with one attached hydrogen (secondary N) is 1. The minimum absolute atomic E-state index is 0.202. The number of benzene rings is 1. The van der Waals surface area contributed by atoms with E-state index in [0.717, 1.165) is 12.1 Å². The number of hydrogen-bond donors (Lipinski definition) is 1. The normalized spacial score (nSPS) is 13.0. The van der Waals surface area contributed by atoms with Crippen LogP contribution in [0.15, 0.2) is 35.5 Å². The van der Waals surface area contributed by atoms with Crippen LogP contribution >= 0.6 is 0 Å². The first-order valence-corrected chi connectivity index (χ1v) is 6.82. The highest BCUT2D eigenvalue weighted by molar-refractivity contribution is 5.95. The summed E-state index contributed by atoms with van der Waals surface area (Å²) in [5.41, 5.74) is 1.60. The molecule has 1 aromatic heterocycles. The number of amides is 1. The minimum atomic E-state index is -4.43. The molecular weight excluding hydrogens is 307 g/mol. The molecule has 1 aliphatic rings. The molecule has 0 unspecified atom stereocenters. The van der Waals surface area contributed by atoms with Crippen molar-refractivity contribution in [2.24, 2.45) is 4.99 Å². The van der Waals surface area contributed by atoms with Gasteiger partial charge in [0.1, 0.15) is 5.69 Å². The summed E-state index contributed by atoms with van der Waals surface area (Å²) in [6.07, 6.45) is -1.47. The van der Waals surface area contributed by atoms with Crippen molar-refractivity contribution >= 4 is 12.1 Å². The van der Waals surface area contributed by atoms with E-state index in [0.29, 0.717) is 22.3 Å². The highest BCUT2D eigenvalue weighted by Gasteiger charge is 2.32. The lowest BCUT2D eigenvalue weighted by Gasteiger charge is -2.13. The summed E-state index contributed by atoms with van der Waals surface area (Å²) < 4.78 is 39.2. The Balaban J connectivity index is 2.10. The smallest absolute Gasteiger partial charge is 0.354 e. The first-order valence-electron chi connectivity index (χ1n) is 6.82. The van der Waals surface area contributed by atoms with Crippen molar-refractivity contribution in [3.05, 3.63) is 52.8 Å². The van der Waals surface area contributed by atoms with Gasteiger partial charge in [0.25, 0.3) is 5.91 Å². The number of aromatic nitrogens is 1. The van der Waals surface area contributed by atoms with Crippen LogP contribution in [0.1, 0.15) is 27.2 Å². The summed E-state index contributed by atoms with van der Waals surface area (Å²) in [6.45, 7) is 0.232. The van der Waals surface area contributed by atoms with Crippen molar-refractivity contribution in [2.45, 2.75) is 12.7 Å². The van der Waals surface area contributed by atoms with Gasteiger partial charge in [0.15, 0.2) is 0 Å². The summed E-state index contributed by atoms with van der Waals surface area (Å²) >= 11 is 0. The molecular formula is C16H12F3N3O. The number of alkyl halides is 3. The van der Waals surface area contributed by atoms with E-state index in [9.17, 15) is 18.0 Å². The van der Waals surface area contributed by atoms with Crippen LogP contribution in [-0.4, -0.2) is 24.2 Å². The zero-order valence-corrected chi connectivity index (χ0v) is 12.1. The predicted molar refractivity (Wildman–Crippen MR) is 79.4 cm³/mol. The standard InChI is InChI=1S/C16H12F3N3O/c1-20-15(23)14-3-2-9(7-22-14)12-5-11(16(17,18)19)4-10-6-21-8-13(10)12/h2-5,7-8H,6H2,1H3,(H,20,23). The first-order chi connectivity index (χ1) is 10.9. The number of hydrogen-bond acceptors (Lipinski definition) is 3. The van der Waals surface area contributed by atoms with Crippen LogP contribution < -0.4 is 5.32 Å². The van der Waals surface area contributed by atoms with E-state index in [2.05, 4.69) is 15.3 Å². The quantitative estimate of drug-likeness (QED) is 0.925. The summed E-state index contributed by atoms with van der Waals surface area (Å²) in [4.78, 5) is 19.5. The van der Waals surface area contributed by atoms with E-state index in [-0.39, 0.29) is 18.1 Å². The average molecular weight is 319 g/mol. The van der Waals surface area contributed by atoms with Crippen molar-refractivity contribution in [3.63, 3.8) is 0 Å². The van der Waals surface area contributed by atoms with Crippen LogP contribution in [0, 0.1) is 0 Å². The fourth-order valence-corrected chi connectivity index (χ4v) is 2.45. The van der Waals surface area contributed by atoms with Gasteiger partial charge in [-0.05, 0) is 29.3 Å². The molecule has 1 aromatic carbocycles. The van der Waals surface area contributed by atoms with Crippen molar-refractivity contribution < 1.29 is 18.0 Å². The molecule has 2 heterocycles. The number of carbonyl (C=O) groups is 1. The predicted octanol–water partition coefficient (Wildman–Crippen LogP) is 3.06. The summed E-state index contributed by atoms with van der Waals surface area (Å²) in [5, 5.41) is 2.44. The largest absolute Gasteiger partial charge is 0.416 e. The monoisotopic (exact) mass is 319 g/mol. The Labute approximate surface area is 130 Å². The van der Waals surface area contributed by atoms with E-state index in [4.69, 9.17) is 0 Å². The van der Waals surface area contributed by atoms with Gasteiger partial charge in [-0.25, -0.2) is 0 Å². The van der Waals surface area contributed by atoms with Gasteiger partial charge in [-0.1, -0.05) is 6.07 Å². The van der Waals surface area contributed by atoms with Gasteiger partial charge in [-0.2, -0.15) is 13.2 Å². The zero-order valence-electron chi connectivity index (χ0n) is 12.1. The second-order valence-electron chi connectivity index (χ2n) is 5.08. The lowest BCUT2D eigenvalue weighted by atomic mass is 9.95. The van der Waals surface area contributed by atoms with Crippen LogP contribution in [0.4, 0.5) is 13.2 Å². The molecule has 0 aliphatic carbocycles. The van der Waals surface area contributed by atoms with Gasteiger partial charge in [0, 0.05) is 30.6 Å². The third-order valence-electron chi connectivity index (χ3n) is 3.61. The third kappa shape index (κ3) is 2.81. The maximum atomic E-state index is 13.1. The number of aliphatic imine (C=N–C) groups is 1. The van der Waals surface area contributed by atoms with Crippen molar-refractivity contribution in [1.82, 2.24) is 10.3 Å². The van der Waals surface area contributed by atoms with E-state index in [1.165, 1.54) is 19.3 Å². The Morgan fingerprint density at radius 3 is 2.65 bits per heavy atom. The van der Waals surface area contributed by atoms with E-state index >= 15 is 0 Å². The summed E-state index contributed by atoms with van der Waals surface area (Å²) in [7, 11) is 1.48. The molecule has 118 valence electrons. The molecule has 0 bridgehead atoms. The molecule has 23 heavy (non-hydrogen) atoms. The van der Waals surface area contributed by atoms with Gasteiger partial charge < -0.3 is 5.32 Å². The summed E-state index contributed by atoms with van der Waals surface area (Å²) in [6, 6.07) is 5.28. The van der Waals surface area contributed by atoms with Crippen LogP contribution in [0.3, 0.4) is 0 Å². The molecule has 4 nitrogen and oxygen atoms in total. The lowest BCUT2D eigenvalue weighted by molar-refractivity contribution is -0.137. The molecule has 2 aromatic rings. The van der Waals surface area contributed by atoms with Crippen LogP contribution in [-0.2, 0) is 12.7 Å². The van der Waals surface area contributed by atoms with Gasteiger partial charge in [-0.3, -0.25) is 14.8 Å². The lowest BCUT2D eigenvalue weighted by Crippen LogP contribution is -2.18. The zero-order chi connectivity index (χ0) is 16.6. The number of pyridine rings is 1. The Hall–Kier alpha value is -2.70. The maximum Gasteiger partial charge on any atom is 0.416 e. The molecule has 0 spiro atoms. The van der Waals surface area contributed by atoms with Crippen molar-refractivity contribution in [3.8, 4) is 11.1 Å². The Morgan fingerprint density at radius 2 is 2.04 bits per heavy atom. The molecule has 0 saturated carbocycles. The molecule has 1 aliphatic heterocycles. The third-order valence-corrected chi connectivity index (χ3v) is 3.61. The SMILES string of the molecule is CNC(=O)c1ccc(-c2cc(C(F)(F)F)cc3c2C=NC3)cn1. The van der Waals surface area contributed by atoms with Gasteiger partial charge in [-0.15, -0.1) is 0 Å². The van der Waals surface area contributed by atoms with Gasteiger partial charge in [0.2, 0.25) is 0 Å². The summed E-state index contributed by atoms with van der Waals surface area (Å²) in [5.74, 6) is -0.354. The molecule has 1 N–H and O–H groups in total. The minimum Gasteiger partial charge on any atom is -0.354 e. The number of carbonyl (C=O) groups excluding carboxylic acids is 1. The van der Waals surface area contributed by atoms with Crippen LogP contribution in [0.25, 0.3) is 11.1 Å². The molecule has 7 heteroatoms. The number of nitrogens with zero attached hydrogens (tertiary/aromatic N) is 2. The Morgan fingerprint density at radius 1 is 1.26 bits per heavy atom. The van der Waals surface area contributed by atoms with Crippen LogP contribution in [0.2, 0.25) is 0 Å². The van der Waals surface area contributed by atoms with Crippen molar-refractivity contribution in [1.29, 1.82) is 0 Å². The van der Waals surface area contributed by atoms with Gasteiger partial charge in [0.05, 0.1) is 12.1 Å². The van der Waals surface area contributed by atoms with E-state index in [1.54, 1.807) is 12.3 Å². The molecule has 0 atom stereocenters. The maximum absolute atomic E-state index is 13.1. The first kappa shape index (κ1) is 15.2. The molecule has 0 radical (unpaired) electrons. The average Bonchev–Trinajstić information content (AvgIpc) is 3.01. The Kier molecular flexibility index (Phi) is 3.63. The number of halogens is 3. The Bertz CT molecular complexity index is 795. The van der Waals surface area contributed by atoms with Crippen LogP contribution in [0.5, 0.6) is 0 Å². The molecule has 3 rings (SSSR count). The molecule has 0 fully saturated rings. The van der Waals surface area contributed by atoms with Gasteiger partial charge >= 0.3 is 6.18 Å². The fourth-order valence-electron chi connectivity index (χ4n) is 2.45. The van der Waals surface area contributed by atoms with E-state index in [1.807, 2.05) is 0 Å². The topological polar surface area (TPSA) is 54.4 Å². The fraction of sp³-hybridized carbons (Fsp3) is 0.188. The van der Waals surface area contributed by atoms with Crippen molar-refractivity contribution in [2.75, 3.05) is 7.05 Å². The molecule has 0 saturated heterocycles. The number of rotatable bonds is 2.